The average molecular weight is 383 g/mol. The van der Waals surface area contributed by atoms with E-state index in [1.54, 1.807) is 12.1 Å². The van der Waals surface area contributed by atoms with Crippen LogP contribution in [0.1, 0.15) is 53.5 Å². The lowest BCUT2D eigenvalue weighted by Crippen LogP contribution is -2.31. The van der Waals surface area contributed by atoms with E-state index in [4.69, 9.17) is 5.73 Å². The minimum Gasteiger partial charge on any atom is -0.370 e. The molecule has 28 heavy (non-hydrogen) atoms. The van der Waals surface area contributed by atoms with Crippen LogP contribution in [0.15, 0.2) is 35.1 Å². The van der Waals surface area contributed by atoms with Gasteiger partial charge in [-0.25, -0.2) is 4.68 Å². The maximum absolute atomic E-state index is 12.8. The number of amides is 2. The number of hydrogen-bond donors (Lipinski definition) is 2. The van der Waals surface area contributed by atoms with E-state index in [1.165, 1.54) is 23.2 Å². The number of aryl methyl sites for hydroxylation is 1. The smallest absolute Gasteiger partial charge is 0.276 e. The molecule has 2 amide bonds. The van der Waals surface area contributed by atoms with Gasteiger partial charge in [0.15, 0.2) is 0 Å². The number of hydrogen-bond acceptors (Lipinski definition) is 5. The molecule has 1 aromatic carbocycles. The standard InChI is InChI=1S/C20H25N5O3/c1-2-10-25-18(26)9-7-15(23-25)20(28)22-16-13-14(19(21)27)6-8-17(16)24-11-4-3-5-12-24/h6-9,13H,2-5,10-12H2,1H3,(H2,21,27)(H,22,28). The molecule has 1 aliphatic heterocycles. The number of rotatable bonds is 6. The van der Waals surface area contributed by atoms with Gasteiger partial charge in [0.05, 0.1) is 11.4 Å². The molecule has 2 aromatic rings. The number of carbonyl (C=O) groups is 2. The topological polar surface area (TPSA) is 110 Å². The van der Waals surface area contributed by atoms with E-state index in [9.17, 15) is 14.4 Å². The molecule has 148 valence electrons. The number of primary amides is 1. The molecule has 0 aliphatic carbocycles. The summed E-state index contributed by atoms with van der Waals surface area (Å²) in [6.07, 6.45) is 4.07. The molecular formula is C20H25N5O3. The van der Waals surface area contributed by atoms with Gasteiger partial charge < -0.3 is 16.0 Å². The van der Waals surface area contributed by atoms with Crippen molar-refractivity contribution < 1.29 is 9.59 Å². The maximum atomic E-state index is 12.8. The second-order valence-corrected chi connectivity index (χ2v) is 6.88. The molecule has 0 bridgehead atoms. The molecular weight excluding hydrogens is 358 g/mol. The summed E-state index contributed by atoms with van der Waals surface area (Å²) in [4.78, 5) is 38.4. The summed E-state index contributed by atoms with van der Waals surface area (Å²) in [6.45, 7) is 4.15. The number of nitrogens with two attached hydrogens (primary N) is 1. The van der Waals surface area contributed by atoms with Crippen molar-refractivity contribution in [1.29, 1.82) is 0 Å². The molecule has 8 heteroatoms. The van der Waals surface area contributed by atoms with Crippen LogP contribution >= 0.6 is 0 Å². The fraction of sp³-hybridized carbons (Fsp3) is 0.400. The van der Waals surface area contributed by atoms with Crippen LogP contribution in [-0.2, 0) is 6.54 Å². The molecule has 3 N–H and O–H groups in total. The van der Waals surface area contributed by atoms with Gasteiger partial charge in [0.1, 0.15) is 5.69 Å². The van der Waals surface area contributed by atoms with Crippen LogP contribution in [0.25, 0.3) is 0 Å². The Morgan fingerprint density at radius 1 is 1.14 bits per heavy atom. The normalized spacial score (nSPS) is 14.0. The zero-order valence-electron chi connectivity index (χ0n) is 16.0. The first kappa shape index (κ1) is 19.6. The summed E-state index contributed by atoms with van der Waals surface area (Å²) in [5, 5.41) is 6.99. The van der Waals surface area contributed by atoms with Gasteiger partial charge in [-0.3, -0.25) is 14.4 Å². The monoisotopic (exact) mass is 383 g/mol. The highest BCUT2D eigenvalue weighted by molar-refractivity contribution is 6.05. The summed E-state index contributed by atoms with van der Waals surface area (Å²) in [6, 6.07) is 7.81. The Morgan fingerprint density at radius 2 is 1.89 bits per heavy atom. The van der Waals surface area contributed by atoms with Crippen molar-refractivity contribution in [2.45, 2.75) is 39.2 Å². The molecule has 0 unspecified atom stereocenters. The summed E-state index contributed by atoms with van der Waals surface area (Å²) < 4.78 is 1.28. The van der Waals surface area contributed by atoms with E-state index < -0.39 is 11.8 Å². The van der Waals surface area contributed by atoms with Crippen LogP contribution in [0.4, 0.5) is 11.4 Å². The maximum Gasteiger partial charge on any atom is 0.276 e. The van der Waals surface area contributed by atoms with Crippen LogP contribution in [0.3, 0.4) is 0 Å². The number of anilines is 2. The number of benzene rings is 1. The minimum atomic E-state index is -0.560. The lowest BCUT2D eigenvalue weighted by atomic mass is 10.1. The van der Waals surface area contributed by atoms with Crippen LogP contribution < -0.4 is 21.5 Å². The van der Waals surface area contributed by atoms with E-state index in [2.05, 4.69) is 15.3 Å². The predicted octanol–water partition coefficient (Wildman–Crippen LogP) is 1.99. The van der Waals surface area contributed by atoms with E-state index in [-0.39, 0.29) is 11.3 Å². The largest absolute Gasteiger partial charge is 0.370 e. The first-order chi connectivity index (χ1) is 13.5. The predicted molar refractivity (Wildman–Crippen MR) is 108 cm³/mol. The van der Waals surface area contributed by atoms with Crippen LogP contribution in [0, 0.1) is 0 Å². The molecule has 0 spiro atoms. The number of piperidine rings is 1. The first-order valence-electron chi connectivity index (χ1n) is 9.58. The highest BCUT2D eigenvalue weighted by atomic mass is 16.2. The fourth-order valence-corrected chi connectivity index (χ4v) is 3.33. The van der Waals surface area contributed by atoms with Crippen molar-refractivity contribution in [3.8, 4) is 0 Å². The highest BCUT2D eigenvalue weighted by Gasteiger charge is 2.19. The molecule has 2 heterocycles. The van der Waals surface area contributed by atoms with Gasteiger partial charge in [-0.05, 0) is 49.9 Å². The third-order valence-electron chi connectivity index (χ3n) is 4.76. The fourth-order valence-electron chi connectivity index (χ4n) is 3.33. The van der Waals surface area contributed by atoms with Gasteiger partial charge in [0.25, 0.3) is 11.5 Å². The summed E-state index contributed by atoms with van der Waals surface area (Å²) in [5.41, 5.74) is 6.98. The van der Waals surface area contributed by atoms with E-state index >= 15 is 0 Å². The quantitative estimate of drug-likeness (QED) is 0.793. The molecule has 3 rings (SSSR count). The van der Waals surface area contributed by atoms with E-state index in [0.29, 0.717) is 17.8 Å². The van der Waals surface area contributed by atoms with Crippen molar-refractivity contribution in [2.75, 3.05) is 23.3 Å². The highest BCUT2D eigenvalue weighted by Crippen LogP contribution is 2.30. The van der Waals surface area contributed by atoms with Gasteiger partial charge in [-0.2, -0.15) is 5.10 Å². The van der Waals surface area contributed by atoms with E-state index in [1.807, 2.05) is 13.0 Å². The van der Waals surface area contributed by atoms with Crippen LogP contribution in [-0.4, -0.2) is 34.7 Å². The van der Waals surface area contributed by atoms with Gasteiger partial charge in [0, 0.05) is 31.3 Å². The molecule has 0 atom stereocenters. The molecule has 1 aliphatic rings. The molecule has 1 saturated heterocycles. The first-order valence-corrected chi connectivity index (χ1v) is 9.58. The molecule has 0 radical (unpaired) electrons. The van der Waals surface area contributed by atoms with Gasteiger partial charge in [-0.1, -0.05) is 6.92 Å². The third-order valence-corrected chi connectivity index (χ3v) is 4.76. The molecule has 0 saturated carbocycles. The number of nitrogens with zero attached hydrogens (tertiary/aromatic N) is 3. The molecule has 1 fully saturated rings. The Morgan fingerprint density at radius 3 is 2.57 bits per heavy atom. The van der Waals surface area contributed by atoms with Gasteiger partial charge in [0.2, 0.25) is 5.91 Å². The zero-order valence-corrected chi connectivity index (χ0v) is 16.0. The minimum absolute atomic E-state index is 0.141. The molecule has 1 aromatic heterocycles. The van der Waals surface area contributed by atoms with Crippen LogP contribution in [0.2, 0.25) is 0 Å². The third kappa shape index (κ3) is 4.39. The summed E-state index contributed by atoms with van der Waals surface area (Å²) in [7, 11) is 0. The Hall–Kier alpha value is -3.16. The van der Waals surface area contributed by atoms with Gasteiger partial charge in [-0.15, -0.1) is 0 Å². The summed E-state index contributed by atoms with van der Waals surface area (Å²) in [5.74, 6) is -1.000. The number of aromatic nitrogens is 2. The Bertz CT molecular complexity index is 932. The lowest BCUT2D eigenvalue weighted by Gasteiger charge is -2.30. The lowest BCUT2D eigenvalue weighted by molar-refractivity contribution is 0.0995. The number of carbonyl (C=O) groups excluding carboxylic acids is 2. The number of nitrogens with one attached hydrogen (secondary N) is 1. The Balaban J connectivity index is 1.92. The second kappa shape index (κ2) is 8.69. The van der Waals surface area contributed by atoms with Crippen molar-refractivity contribution in [3.05, 3.63) is 51.9 Å². The second-order valence-electron chi connectivity index (χ2n) is 6.88. The Kier molecular flexibility index (Phi) is 6.08. The molecule has 8 nitrogen and oxygen atoms in total. The van der Waals surface area contributed by atoms with Crippen molar-refractivity contribution in [2.24, 2.45) is 5.73 Å². The SMILES string of the molecule is CCCn1nc(C(=O)Nc2cc(C(N)=O)ccc2N2CCCCC2)ccc1=O. The van der Waals surface area contributed by atoms with Gasteiger partial charge >= 0.3 is 0 Å². The van der Waals surface area contributed by atoms with Crippen molar-refractivity contribution >= 4 is 23.2 Å². The average Bonchev–Trinajstić information content (AvgIpc) is 2.70. The van der Waals surface area contributed by atoms with Crippen molar-refractivity contribution in [3.63, 3.8) is 0 Å². The van der Waals surface area contributed by atoms with Crippen molar-refractivity contribution in [1.82, 2.24) is 9.78 Å². The Labute approximate surface area is 163 Å². The van der Waals surface area contributed by atoms with Crippen LogP contribution in [0.5, 0.6) is 0 Å². The summed E-state index contributed by atoms with van der Waals surface area (Å²) >= 11 is 0. The zero-order chi connectivity index (χ0) is 20.1. The van der Waals surface area contributed by atoms with E-state index in [0.717, 1.165) is 38.0 Å².